The number of phenolic OH excluding ortho intramolecular Hbond substituents is 2. The van der Waals surface area contributed by atoms with Gasteiger partial charge in [-0.1, -0.05) is 44.4 Å². The van der Waals surface area contributed by atoms with Crippen LogP contribution in [-0.4, -0.2) is 26.5 Å². The lowest BCUT2D eigenvalue weighted by atomic mass is 9.80. The van der Waals surface area contributed by atoms with Gasteiger partial charge in [0.25, 0.3) is 0 Å². The summed E-state index contributed by atoms with van der Waals surface area (Å²) in [7, 11) is 0. The number of hydrogen-bond acceptors (Lipinski definition) is 4. The highest BCUT2D eigenvalue weighted by molar-refractivity contribution is 5.38. The number of aliphatic hydroxyl groups is 2. The van der Waals surface area contributed by atoms with Crippen molar-refractivity contribution in [1.29, 1.82) is 0 Å². The number of hydrogen-bond donors (Lipinski definition) is 4. The molecule has 1 aromatic carbocycles. The average Bonchev–Trinajstić information content (AvgIpc) is 2.59. The summed E-state index contributed by atoms with van der Waals surface area (Å²) >= 11 is 0. The molecule has 0 aromatic heterocycles. The molecule has 0 amide bonds. The third-order valence-electron chi connectivity index (χ3n) is 4.43. The first kappa shape index (κ1) is 21.8. The van der Waals surface area contributed by atoms with E-state index in [-0.39, 0.29) is 11.5 Å². The van der Waals surface area contributed by atoms with Crippen molar-refractivity contribution in [3.63, 3.8) is 0 Å². The molecule has 0 spiro atoms. The highest BCUT2D eigenvalue weighted by atomic mass is 16.3. The lowest BCUT2D eigenvalue weighted by molar-refractivity contribution is 0.138. The van der Waals surface area contributed by atoms with Gasteiger partial charge < -0.3 is 20.4 Å². The van der Waals surface area contributed by atoms with Crippen LogP contribution >= 0.6 is 0 Å². The Labute approximate surface area is 156 Å². The molecule has 4 N–H and O–H groups in total. The minimum atomic E-state index is -0.551. The topological polar surface area (TPSA) is 80.9 Å². The van der Waals surface area contributed by atoms with Crippen LogP contribution in [0.3, 0.4) is 0 Å². The van der Waals surface area contributed by atoms with Gasteiger partial charge in [0, 0.05) is 5.41 Å². The number of aliphatic hydroxyl groups excluding tert-OH is 2. The van der Waals surface area contributed by atoms with E-state index in [1.54, 1.807) is 24.3 Å². The molecule has 2 rings (SSSR count). The molecular formula is C22H32O4. The number of aromatic hydroxyl groups is 2. The van der Waals surface area contributed by atoms with Crippen molar-refractivity contribution in [2.24, 2.45) is 5.41 Å². The molecule has 144 valence electrons. The molecule has 4 nitrogen and oxygen atoms in total. The maximum Gasteiger partial charge on any atom is 0.119 e. The summed E-state index contributed by atoms with van der Waals surface area (Å²) in [5.74, 6) is 0.730. The van der Waals surface area contributed by atoms with Crippen molar-refractivity contribution < 1.29 is 20.4 Å². The Balaban J connectivity index is 0.000000263. The predicted octanol–water partition coefficient (Wildman–Crippen LogP) is 5.16. The maximum atomic E-state index is 9.58. The van der Waals surface area contributed by atoms with Crippen molar-refractivity contribution in [2.75, 3.05) is 0 Å². The normalized spacial score (nSPS) is 22.0. The second-order valence-electron chi connectivity index (χ2n) is 6.86. The van der Waals surface area contributed by atoms with Gasteiger partial charge in [-0.05, 0) is 62.6 Å². The number of unbranched alkanes of at least 4 members (excludes halogenated alkanes) is 3. The standard InChI is InChI=1S/C12H18O2.C10H14O2/c1-2-3-4-5-6-10-9-11(13)7-8-12(10)14;1-3-6-10(2)7-8(11)4-5-9(10)12/h7-9,13-14H,2-6H2,1H3;3-7,9,11-12H,1-2H3. The molecule has 0 aliphatic heterocycles. The van der Waals surface area contributed by atoms with Crippen LogP contribution in [0, 0.1) is 5.41 Å². The van der Waals surface area contributed by atoms with Gasteiger partial charge >= 0.3 is 0 Å². The first-order valence-corrected chi connectivity index (χ1v) is 9.25. The third kappa shape index (κ3) is 6.96. The van der Waals surface area contributed by atoms with Crippen molar-refractivity contribution in [2.45, 2.75) is 59.0 Å². The Hall–Kier alpha value is -2.20. The second-order valence-corrected chi connectivity index (χ2v) is 6.86. The van der Waals surface area contributed by atoms with E-state index in [2.05, 4.69) is 6.92 Å². The van der Waals surface area contributed by atoms with Gasteiger partial charge in [-0.3, -0.25) is 0 Å². The smallest absolute Gasteiger partial charge is 0.119 e. The molecule has 0 heterocycles. The van der Waals surface area contributed by atoms with Gasteiger partial charge in [-0.15, -0.1) is 0 Å². The van der Waals surface area contributed by atoms with Crippen molar-refractivity contribution >= 4 is 0 Å². The summed E-state index contributed by atoms with van der Waals surface area (Å²) in [6.07, 6.45) is 13.5. The molecule has 2 atom stereocenters. The molecule has 1 aromatic rings. The summed E-state index contributed by atoms with van der Waals surface area (Å²) in [6, 6.07) is 4.69. The monoisotopic (exact) mass is 360 g/mol. The molecule has 0 radical (unpaired) electrons. The molecule has 26 heavy (non-hydrogen) atoms. The summed E-state index contributed by atoms with van der Waals surface area (Å²) < 4.78 is 0. The van der Waals surface area contributed by atoms with Crippen molar-refractivity contribution in [1.82, 2.24) is 0 Å². The zero-order chi connectivity index (χ0) is 19.6. The Morgan fingerprint density at radius 2 is 1.85 bits per heavy atom. The Morgan fingerprint density at radius 1 is 1.12 bits per heavy atom. The molecule has 0 fully saturated rings. The maximum absolute atomic E-state index is 9.58. The summed E-state index contributed by atoms with van der Waals surface area (Å²) in [6.45, 7) is 5.93. The highest BCUT2D eigenvalue weighted by Crippen LogP contribution is 2.31. The Bertz CT molecular complexity index is 646. The third-order valence-corrected chi connectivity index (χ3v) is 4.43. The fourth-order valence-corrected chi connectivity index (χ4v) is 2.87. The minimum absolute atomic E-state index is 0.209. The van der Waals surface area contributed by atoms with E-state index in [1.165, 1.54) is 31.4 Å². The molecule has 0 saturated heterocycles. The molecule has 1 aliphatic rings. The van der Waals surface area contributed by atoms with Crippen LogP contribution < -0.4 is 0 Å². The number of benzene rings is 1. The number of rotatable bonds is 6. The van der Waals surface area contributed by atoms with Crippen LogP contribution in [0.4, 0.5) is 0 Å². The molecule has 1 aliphatic carbocycles. The zero-order valence-corrected chi connectivity index (χ0v) is 16.0. The van der Waals surface area contributed by atoms with E-state index in [1.807, 2.05) is 26.0 Å². The molecular weight excluding hydrogens is 328 g/mol. The SMILES string of the molecule is CC=CC1(C)C=C(O)C=CC1O.CCCCCCc1cc(O)ccc1O. The van der Waals surface area contributed by atoms with E-state index < -0.39 is 11.5 Å². The summed E-state index contributed by atoms with van der Waals surface area (Å²) in [4.78, 5) is 0. The summed E-state index contributed by atoms with van der Waals surface area (Å²) in [5, 5.41) is 37.5. The van der Waals surface area contributed by atoms with Crippen LogP contribution in [0.15, 0.2) is 54.3 Å². The first-order chi connectivity index (χ1) is 12.3. The molecule has 0 saturated carbocycles. The zero-order valence-electron chi connectivity index (χ0n) is 16.0. The van der Waals surface area contributed by atoms with E-state index in [9.17, 15) is 20.4 Å². The minimum Gasteiger partial charge on any atom is -0.508 e. The van der Waals surface area contributed by atoms with Gasteiger partial charge in [0.2, 0.25) is 0 Å². The number of allylic oxidation sites excluding steroid dienone is 2. The highest BCUT2D eigenvalue weighted by Gasteiger charge is 2.28. The Kier molecular flexibility index (Phi) is 9.00. The van der Waals surface area contributed by atoms with Crippen LogP contribution in [0.25, 0.3) is 0 Å². The number of aryl methyl sites for hydroxylation is 1. The van der Waals surface area contributed by atoms with E-state index in [4.69, 9.17) is 0 Å². The van der Waals surface area contributed by atoms with Gasteiger partial charge in [0.1, 0.15) is 17.3 Å². The lowest BCUT2D eigenvalue weighted by Crippen LogP contribution is -2.29. The van der Waals surface area contributed by atoms with Crippen LogP contribution in [0.1, 0.15) is 52.0 Å². The quantitative estimate of drug-likeness (QED) is 0.321. The van der Waals surface area contributed by atoms with E-state index in [0.29, 0.717) is 5.75 Å². The van der Waals surface area contributed by atoms with E-state index >= 15 is 0 Å². The van der Waals surface area contributed by atoms with Gasteiger partial charge in [0.15, 0.2) is 0 Å². The van der Waals surface area contributed by atoms with Gasteiger partial charge in [-0.25, -0.2) is 0 Å². The van der Waals surface area contributed by atoms with Crippen LogP contribution in [-0.2, 0) is 6.42 Å². The van der Waals surface area contributed by atoms with Crippen LogP contribution in [0.2, 0.25) is 0 Å². The Morgan fingerprint density at radius 3 is 2.50 bits per heavy atom. The van der Waals surface area contributed by atoms with Crippen LogP contribution in [0.5, 0.6) is 11.5 Å². The number of phenols is 2. The largest absolute Gasteiger partial charge is 0.508 e. The van der Waals surface area contributed by atoms with E-state index in [0.717, 1.165) is 18.4 Å². The predicted molar refractivity (Wildman–Crippen MR) is 106 cm³/mol. The van der Waals surface area contributed by atoms with Gasteiger partial charge in [0.05, 0.1) is 6.10 Å². The molecule has 4 heteroatoms. The summed E-state index contributed by atoms with van der Waals surface area (Å²) in [5.41, 5.74) is 0.384. The van der Waals surface area contributed by atoms with Crippen molar-refractivity contribution in [3.8, 4) is 11.5 Å². The fourth-order valence-electron chi connectivity index (χ4n) is 2.87. The molecule has 0 bridgehead atoms. The second kappa shape index (κ2) is 10.7. The molecule has 2 unspecified atom stereocenters. The first-order valence-electron chi connectivity index (χ1n) is 9.25. The fraction of sp³-hybridized carbons (Fsp3) is 0.455. The van der Waals surface area contributed by atoms with Crippen molar-refractivity contribution in [3.05, 3.63) is 59.9 Å². The average molecular weight is 360 g/mol. The van der Waals surface area contributed by atoms with Gasteiger partial charge in [-0.2, -0.15) is 0 Å². The lowest BCUT2D eigenvalue weighted by Gasteiger charge is -2.28.